The molecule has 3 heteroatoms. The zero-order valence-corrected chi connectivity index (χ0v) is 28.4. The Kier molecular flexibility index (Phi) is 22.6. The molecule has 0 amide bonds. The molecule has 0 N–H and O–H groups in total. The molecular weight excluding hydrogens is 537 g/mol. The first-order chi connectivity index (χ1) is 20.2. The number of hydrogen-bond donors (Lipinski definition) is 0. The number of unbranched alkanes of at least 4 members (excludes halogenated alkanes) is 18. The number of hydrogen-bond acceptors (Lipinski definition) is 2. The van der Waals surface area contributed by atoms with Gasteiger partial charge in [0, 0.05) is 15.8 Å². The highest BCUT2D eigenvalue weighted by molar-refractivity contribution is 8.71. The lowest BCUT2D eigenvalue weighted by molar-refractivity contribution is 0.556. The van der Waals surface area contributed by atoms with Crippen LogP contribution in [0.15, 0.2) is 48.5 Å². The fourth-order valence-electron chi connectivity index (χ4n) is 5.55. The van der Waals surface area contributed by atoms with Gasteiger partial charge in [0.1, 0.15) is 5.75 Å². The van der Waals surface area contributed by atoms with Crippen LogP contribution in [0.1, 0.15) is 165 Å². The Hall–Kier alpha value is -0.900. The molecular formula is C38H62OS2. The summed E-state index contributed by atoms with van der Waals surface area (Å²) in [6, 6.07) is 17.9. The van der Waals surface area contributed by atoms with Gasteiger partial charge in [0.2, 0.25) is 0 Å². The van der Waals surface area contributed by atoms with Crippen LogP contribution >= 0.6 is 10.8 Å². The maximum atomic E-state index is 12.7. The molecule has 0 bridgehead atoms. The van der Waals surface area contributed by atoms with Gasteiger partial charge in [-0.15, -0.1) is 0 Å². The van der Waals surface area contributed by atoms with Gasteiger partial charge >= 0.3 is 0 Å². The summed E-state index contributed by atoms with van der Waals surface area (Å²) in [6.45, 7) is 4.57. The van der Waals surface area contributed by atoms with E-state index in [2.05, 4.69) is 62.4 Å². The molecule has 0 saturated carbocycles. The Labute approximate surface area is 262 Å². The zero-order valence-electron chi connectivity index (χ0n) is 26.8. The lowest BCUT2D eigenvalue weighted by Crippen LogP contribution is -2.00. The minimum Gasteiger partial charge on any atom is -0.605 e. The summed E-state index contributed by atoms with van der Waals surface area (Å²) in [5.74, 6) is 1.46. The molecule has 1 nitrogen and oxygen atoms in total. The van der Waals surface area contributed by atoms with Gasteiger partial charge in [-0.1, -0.05) is 178 Å². The summed E-state index contributed by atoms with van der Waals surface area (Å²) in [7, 11) is 0.678. The Morgan fingerprint density at radius 3 is 1.15 bits per heavy atom. The molecule has 1 unspecified atom stereocenters. The maximum Gasteiger partial charge on any atom is 0.143 e. The van der Waals surface area contributed by atoms with Gasteiger partial charge in [-0.3, -0.25) is 0 Å². The van der Waals surface area contributed by atoms with Crippen LogP contribution in [0.2, 0.25) is 0 Å². The highest BCUT2D eigenvalue weighted by atomic mass is 33.1. The van der Waals surface area contributed by atoms with Gasteiger partial charge in [0.15, 0.2) is 0 Å². The smallest absolute Gasteiger partial charge is 0.143 e. The number of aryl methyl sites for hydroxylation is 2. The van der Waals surface area contributed by atoms with Gasteiger partial charge < -0.3 is 4.55 Å². The summed E-state index contributed by atoms with van der Waals surface area (Å²) in [5.41, 5.74) is 5.33. The van der Waals surface area contributed by atoms with Gasteiger partial charge in [-0.05, 0) is 42.4 Å². The fourth-order valence-corrected chi connectivity index (χ4v) is 8.02. The van der Waals surface area contributed by atoms with E-state index in [1.165, 1.54) is 164 Å². The lowest BCUT2D eigenvalue weighted by atomic mass is 10.0. The largest absolute Gasteiger partial charge is 0.605 e. The van der Waals surface area contributed by atoms with Crippen LogP contribution in [0.3, 0.4) is 0 Å². The summed E-state index contributed by atoms with van der Waals surface area (Å²) in [4.78, 5) is 0. The number of benzene rings is 2. The van der Waals surface area contributed by atoms with Gasteiger partial charge in [-0.25, -0.2) is 0 Å². The Bertz CT molecular complexity index is 832. The normalized spacial score (nSPS) is 12.2. The van der Waals surface area contributed by atoms with Crippen molar-refractivity contribution in [1.29, 1.82) is 0 Å². The molecule has 1 atom stereocenters. The van der Waals surface area contributed by atoms with Crippen molar-refractivity contribution in [3.05, 3.63) is 70.8 Å². The Morgan fingerprint density at radius 1 is 0.439 bits per heavy atom. The summed E-state index contributed by atoms with van der Waals surface area (Å²) < 4.78 is 12.7. The first-order valence-corrected chi connectivity index (χ1v) is 20.2. The summed E-state index contributed by atoms with van der Waals surface area (Å²) in [5, 5.41) is 0. The third-order valence-electron chi connectivity index (χ3n) is 8.33. The van der Waals surface area contributed by atoms with Crippen LogP contribution in [0.25, 0.3) is 0 Å². The molecule has 2 aromatic carbocycles. The maximum absolute atomic E-state index is 12.7. The molecule has 0 saturated heterocycles. The highest BCUT2D eigenvalue weighted by Crippen LogP contribution is 2.24. The average molecular weight is 599 g/mol. The molecule has 0 aliphatic rings. The minimum absolute atomic E-state index is 0.639. The van der Waals surface area contributed by atoms with Crippen molar-refractivity contribution >= 4 is 21.0 Å². The predicted octanol–water partition coefficient (Wildman–Crippen LogP) is 12.7. The lowest BCUT2D eigenvalue weighted by Gasteiger charge is -2.10. The third kappa shape index (κ3) is 19.8. The standard InChI is InChI=1S/C38H62OS2/c1-3-5-7-9-11-13-15-17-19-21-23-35-25-29-37(30-26-35)33-40-41(39)34-38-31-27-36(28-32-38)24-22-20-18-16-14-12-10-8-6-4-2/h25-32H,3-24,33-34H2,1-2H3. The molecule has 2 aromatic rings. The molecule has 41 heavy (non-hydrogen) atoms. The van der Waals surface area contributed by atoms with E-state index >= 15 is 0 Å². The first kappa shape index (κ1) is 36.3. The van der Waals surface area contributed by atoms with Gasteiger partial charge in [-0.2, -0.15) is 0 Å². The van der Waals surface area contributed by atoms with Crippen LogP contribution in [0.4, 0.5) is 0 Å². The Morgan fingerprint density at radius 2 is 0.756 bits per heavy atom. The topological polar surface area (TPSA) is 23.1 Å². The number of rotatable bonds is 27. The van der Waals surface area contributed by atoms with Crippen LogP contribution in [-0.2, 0) is 34.6 Å². The predicted molar refractivity (Wildman–Crippen MR) is 187 cm³/mol. The highest BCUT2D eigenvalue weighted by Gasteiger charge is 2.11. The van der Waals surface area contributed by atoms with Crippen LogP contribution in [-0.4, -0.2) is 4.55 Å². The molecule has 0 radical (unpaired) electrons. The quantitative estimate of drug-likeness (QED) is 0.0580. The van der Waals surface area contributed by atoms with E-state index in [4.69, 9.17) is 0 Å². The van der Waals surface area contributed by atoms with Crippen molar-refractivity contribution in [2.75, 3.05) is 0 Å². The second-order valence-electron chi connectivity index (χ2n) is 12.2. The zero-order chi connectivity index (χ0) is 29.2. The van der Waals surface area contributed by atoms with Gasteiger partial charge in [0.05, 0.1) is 16.5 Å². The van der Waals surface area contributed by atoms with Crippen molar-refractivity contribution in [2.45, 2.75) is 167 Å². The molecule has 232 valence electrons. The van der Waals surface area contributed by atoms with Crippen LogP contribution < -0.4 is 0 Å². The first-order valence-electron chi connectivity index (χ1n) is 17.4. The monoisotopic (exact) mass is 598 g/mol. The SMILES string of the molecule is CCCCCCCCCCCCc1ccc(CS[S+]([O-])Cc2ccc(CCCCCCCCCCCC)cc2)cc1. The fraction of sp³-hybridized carbons (Fsp3) is 0.684. The molecule has 0 spiro atoms. The van der Waals surface area contributed by atoms with E-state index in [0.29, 0.717) is 5.75 Å². The van der Waals surface area contributed by atoms with E-state index < -0.39 is 10.2 Å². The Balaban J connectivity index is 1.49. The molecule has 0 fully saturated rings. The van der Waals surface area contributed by atoms with Crippen molar-refractivity contribution < 1.29 is 4.55 Å². The average Bonchev–Trinajstić information content (AvgIpc) is 2.99. The molecule has 0 aliphatic carbocycles. The van der Waals surface area contributed by atoms with E-state index in [-0.39, 0.29) is 0 Å². The van der Waals surface area contributed by atoms with Gasteiger partial charge in [0.25, 0.3) is 0 Å². The molecule has 0 aromatic heterocycles. The molecule has 0 aliphatic heterocycles. The molecule has 2 rings (SSSR count). The van der Waals surface area contributed by atoms with E-state index in [0.717, 1.165) is 5.75 Å². The van der Waals surface area contributed by atoms with Crippen molar-refractivity contribution in [1.82, 2.24) is 0 Å². The van der Waals surface area contributed by atoms with Crippen molar-refractivity contribution in [2.24, 2.45) is 0 Å². The van der Waals surface area contributed by atoms with Crippen LogP contribution in [0.5, 0.6) is 0 Å². The third-order valence-corrected chi connectivity index (χ3v) is 11.1. The summed E-state index contributed by atoms with van der Waals surface area (Å²) in [6.07, 6.45) is 30.1. The molecule has 0 heterocycles. The van der Waals surface area contributed by atoms with E-state index in [1.807, 2.05) is 0 Å². The van der Waals surface area contributed by atoms with Crippen LogP contribution in [0, 0.1) is 0 Å². The van der Waals surface area contributed by atoms with E-state index in [1.54, 1.807) is 10.8 Å². The second kappa shape index (κ2) is 25.6. The van der Waals surface area contributed by atoms with E-state index in [9.17, 15) is 4.55 Å². The minimum atomic E-state index is -0.892. The van der Waals surface area contributed by atoms with Crippen molar-refractivity contribution in [3.8, 4) is 0 Å². The second-order valence-corrected chi connectivity index (χ2v) is 15.5. The van der Waals surface area contributed by atoms with Crippen molar-refractivity contribution in [3.63, 3.8) is 0 Å². The summed E-state index contributed by atoms with van der Waals surface area (Å²) >= 11 is 0.